The van der Waals surface area contributed by atoms with Crippen molar-refractivity contribution in [3.05, 3.63) is 0 Å². The quantitative estimate of drug-likeness (QED) is 0.689. The Bertz CT molecular complexity index is 221. The molecule has 0 aromatic carbocycles. The minimum Gasteiger partial charge on any atom is -0.368 e. The summed E-state index contributed by atoms with van der Waals surface area (Å²) < 4.78 is 0. The molecule has 0 spiro atoms. The number of carbonyl (C=O) groups excluding carboxylic acids is 2. The summed E-state index contributed by atoms with van der Waals surface area (Å²) in [4.78, 5) is 23.5. The molecule has 0 aliphatic rings. The van der Waals surface area contributed by atoms with Crippen molar-refractivity contribution in [1.29, 1.82) is 0 Å². The topological polar surface area (TPSA) is 75.4 Å². The van der Waals surface area contributed by atoms with E-state index in [2.05, 4.69) is 5.32 Å². The zero-order chi connectivity index (χ0) is 11.4. The molecule has 0 atom stereocenters. The van der Waals surface area contributed by atoms with Crippen LogP contribution in [0, 0.1) is 0 Å². The van der Waals surface area contributed by atoms with Crippen LogP contribution in [0.3, 0.4) is 0 Å². The number of amides is 3. The Morgan fingerprint density at radius 1 is 1.36 bits per heavy atom. The third-order valence-corrected chi connectivity index (χ3v) is 1.50. The van der Waals surface area contributed by atoms with Gasteiger partial charge in [-0.15, -0.1) is 0 Å². The van der Waals surface area contributed by atoms with E-state index < -0.39 is 5.91 Å². The van der Waals surface area contributed by atoms with E-state index in [0.717, 1.165) is 0 Å². The molecule has 5 nitrogen and oxygen atoms in total. The van der Waals surface area contributed by atoms with Gasteiger partial charge >= 0.3 is 6.03 Å². The van der Waals surface area contributed by atoms with Gasteiger partial charge in [0.2, 0.25) is 5.91 Å². The fourth-order valence-corrected chi connectivity index (χ4v) is 0.915. The molecule has 0 aromatic rings. The first kappa shape index (κ1) is 12.7. The summed E-state index contributed by atoms with van der Waals surface area (Å²) in [5.74, 6) is -0.504. The molecule has 82 valence electrons. The van der Waals surface area contributed by atoms with Gasteiger partial charge in [-0.1, -0.05) is 0 Å². The Balaban J connectivity index is 4.25. The largest absolute Gasteiger partial charge is 0.368 e. The average Bonchev–Trinajstić information content (AvgIpc) is 1.96. The maximum Gasteiger partial charge on any atom is 0.318 e. The molecule has 0 aromatic heterocycles. The van der Waals surface area contributed by atoms with Crippen molar-refractivity contribution in [3.63, 3.8) is 0 Å². The molecule has 3 N–H and O–H groups in total. The lowest BCUT2D eigenvalue weighted by atomic mass is 10.1. The van der Waals surface area contributed by atoms with Crippen LogP contribution in [0.4, 0.5) is 4.79 Å². The lowest BCUT2D eigenvalue weighted by Gasteiger charge is -2.26. The Morgan fingerprint density at radius 2 is 1.86 bits per heavy atom. The van der Waals surface area contributed by atoms with E-state index in [-0.39, 0.29) is 18.1 Å². The van der Waals surface area contributed by atoms with Gasteiger partial charge in [0.1, 0.15) is 6.54 Å². The minimum absolute atomic E-state index is 0.0432. The summed E-state index contributed by atoms with van der Waals surface area (Å²) in [7, 11) is 0. The standard InChI is InChI=1S/C9H19N3O2/c1-5-12(6-7(10)13)8(14)11-9(2,3)4/h5-6H2,1-4H3,(H2,10,13)(H,11,14). The molecule has 0 aliphatic carbocycles. The highest BCUT2D eigenvalue weighted by Crippen LogP contribution is 2.00. The van der Waals surface area contributed by atoms with Crippen molar-refractivity contribution in [1.82, 2.24) is 10.2 Å². The van der Waals surface area contributed by atoms with Gasteiger partial charge in [-0.05, 0) is 27.7 Å². The van der Waals surface area contributed by atoms with Crippen molar-refractivity contribution in [2.75, 3.05) is 13.1 Å². The van der Waals surface area contributed by atoms with Gasteiger partial charge in [0.05, 0.1) is 0 Å². The van der Waals surface area contributed by atoms with Gasteiger partial charge in [0, 0.05) is 12.1 Å². The average molecular weight is 201 g/mol. The van der Waals surface area contributed by atoms with Crippen LogP contribution in [0.5, 0.6) is 0 Å². The van der Waals surface area contributed by atoms with Gasteiger partial charge in [-0.2, -0.15) is 0 Å². The number of urea groups is 1. The number of rotatable bonds is 3. The number of carbonyl (C=O) groups is 2. The number of likely N-dealkylation sites (N-methyl/N-ethyl adjacent to an activating group) is 1. The summed E-state index contributed by atoms with van der Waals surface area (Å²) in [6, 6.07) is -0.265. The van der Waals surface area contributed by atoms with E-state index in [4.69, 9.17) is 5.73 Å². The smallest absolute Gasteiger partial charge is 0.318 e. The van der Waals surface area contributed by atoms with Crippen molar-refractivity contribution < 1.29 is 9.59 Å². The highest BCUT2D eigenvalue weighted by molar-refractivity contribution is 5.83. The SMILES string of the molecule is CCN(CC(N)=O)C(=O)NC(C)(C)C. The van der Waals surface area contributed by atoms with Crippen LogP contribution < -0.4 is 11.1 Å². The molecule has 0 fully saturated rings. The second kappa shape index (κ2) is 4.83. The molecule has 0 bridgehead atoms. The molecular formula is C9H19N3O2. The lowest BCUT2D eigenvalue weighted by Crippen LogP contribution is -2.50. The number of primary amides is 1. The second-order valence-corrected chi connectivity index (χ2v) is 4.16. The zero-order valence-corrected chi connectivity index (χ0v) is 9.26. The van der Waals surface area contributed by atoms with Crippen LogP contribution in [-0.2, 0) is 4.79 Å². The molecule has 0 saturated carbocycles. The highest BCUT2D eigenvalue weighted by atomic mass is 16.2. The summed E-state index contributed by atoms with van der Waals surface area (Å²) in [6.45, 7) is 7.85. The predicted molar refractivity (Wildman–Crippen MR) is 54.7 cm³/mol. The van der Waals surface area contributed by atoms with Gasteiger partial charge in [-0.3, -0.25) is 4.79 Å². The Kier molecular flexibility index (Phi) is 4.40. The van der Waals surface area contributed by atoms with Crippen LogP contribution in [0.25, 0.3) is 0 Å². The molecule has 0 heterocycles. The monoisotopic (exact) mass is 201 g/mol. The first-order valence-corrected chi connectivity index (χ1v) is 4.61. The fourth-order valence-electron chi connectivity index (χ4n) is 0.915. The van der Waals surface area contributed by atoms with Crippen LogP contribution in [0.1, 0.15) is 27.7 Å². The van der Waals surface area contributed by atoms with E-state index >= 15 is 0 Å². The Morgan fingerprint density at radius 3 is 2.14 bits per heavy atom. The number of nitrogens with one attached hydrogen (secondary N) is 1. The summed E-state index contributed by atoms with van der Waals surface area (Å²) in [6.07, 6.45) is 0. The van der Waals surface area contributed by atoms with Gasteiger partial charge in [0.15, 0.2) is 0 Å². The molecule has 5 heteroatoms. The third-order valence-electron chi connectivity index (χ3n) is 1.50. The van der Waals surface area contributed by atoms with E-state index in [9.17, 15) is 9.59 Å². The summed E-state index contributed by atoms with van der Waals surface area (Å²) >= 11 is 0. The molecule has 0 radical (unpaired) electrons. The highest BCUT2D eigenvalue weighted by Gasteiger charge is 2.19. The zero-order valence-electron chi connectivity index (χ0n) is 9.26. The molecular weight excluding hydrogens is 182 g/mol. The first-order chi connectivity index (χ1) is 6.26. The van der Waals surface area contributed by atoms with E-state index in [1.165, 1.54) is 4.90 Å². The summed E-state index contributed by atoms with van der Waals surface area (Å²) in [5.41, 5.74) is 4.71. The second-order valence-electron chi connectivity index (χ2n) is 4.16. The number of hydrogen-bond acceptors (Lipinski definition) is 2. The molecule has 0 saturated heterocycles. The third kappa shape index (κ3) is 5.40. The van der Waals surface area contributed by atoms with Crippen LogP contribution in [0.15, 0.2) is 0 Å². The Hall–Kier alpha value is -1.26. The van der Waals surface area contributed by atoms with Gasteiger partial charge in [-0.25, -0.2) is 4.79 Å². The van der Waals surface area contributed by atoms with Gasteiger partial charge < -0.3 is 16.0 Å². The molecule has 0 aliphatic heterocycles. The first-order valence-electron chi connectivity index (χ1n) is 4.61. The van der Waals surface area contributed by atoms with Crippen LogP contribution in [-0.4, -0.2) is 35.5 Å². The number of nitrogens with two attached hydrogens (primary N) is 1. The lowest BCUT2D eigenvalue weighted by molar-refractivity contribution is -0.118. The van der Waals surface area contributed by atoms with E-state index in [1.807, 2.05) is 20.8 Å². The summed E-state index contributed by atoms with van der Waals surface area (Å²) in [5, 5.41) is 2.75. The number of hydrogen-bond donors (Lipinski definition) is 2. The Labute approximate surface area is 84.6 Å². The molecule has 0 unspecified atom stereocenters. The van der Waals surface area contributed by atoms with Gasteiger partial charge in [0.25, 0.3) is 0 Å². The van der Waals surface area contributed by atoms with E-state index in [0.29, 0.717) is 6.54 Å². The van der Waals surface area contributed by atoms with Crippen molar-refractivity contribution in [3.8, 4) is 0 Å². The van der Waals surface area contributed by atoms with Crippen LogP contribution >= 0.6 is 0 Å². The maximum atomic E-state index is 11.5. The fraction of sp³-hybridized carbons (Fsp3) is 0.778. The van der Waals surface area contributed by atoms with Crippen LogP contribution in [0.2, 0.25) is 0 Å². The number of nitrogens with zero attached hydrogens (tertiary/aromatic N) is 1. The predicted octanol–water partition coefficient (Wildman–Crippen LogP) is 0.302. The van der Waals surface area contributed by atoms with Crippen molar-refractivity contribution in [2.24, 2.45) is 5.73 Å². The maximum absolute atomic E-state index is 11.5. The minimum atomic E-state index is -0.504. The molecule has 14 heavy (non-hydrogen) atoms. The normalized spacial score (nSPS) is 10.9. The molecule has 0 rings (SSSR count). The molecule has 3 amide bonds. The van der Waals surface area contributed by atoms with Crippen molar-refractivity contribution >= 4 is 11.9 Å². The van der Waals surface area contributed by atoms with E-state index in [1.54, 1.807) is 6.92 Å². The van der Waals surface area contributed by atoms with Crippen molar-refractivity contribution in [2.45, 2.75) is 33.2 Å².